The maximum atomic E-state index is 13.2. The van der Waals surface area contributed by atoms with Crippen molar-refractivity contribution in [3.63, 3.8) is 0 Å². The van der Waals surface area contributed by atoms with Gasteiger partial charge in [0.1, 0.15) is 17.3 Å². The molecule has 3 heteroatoms. The van der Waals surface area contributed by atoms with Crippen LogP contribution in [0, 0.1) is 34.0 Å². The van der Waals surface area contributed by atoms with E-state index in [2.05, 4.69) is 13.8 Å². The highest BCUT2D eigenvalue weighted by molar-refractivity contribution is 5.95. The Hall–Kier alpha value is -0.990. The third-order valence-corrected chi connectivity index (χ3v) is 8.58. The summed E-state index contributed by atoms with van der Waals surface area (Å²) in [4.78, 5) is 37.6. The van der Waals surface area contributed by atoms with Crippen molar-refractivity contribution in [1.82, 2.24) is 0 Å². The molecule has 6 atom stereocenters. The summed E-state index contributed by atoms with van der Waals surface area (Å²) in [6, 6.07) is 0. The Kier molecular flexibility index (Phi) is 3.07. The molecule has 0 aliphatic heterocycles. The summed E-state index contributed by atoms with van der Waals surface area (Å²) < 4.78 is 0. The second-order valence-electron chi connectivity index (χ2n) is 9.50. The summed E-state index contributed by atoms with van der Waals surface area (Å²) in [5.74, 6) is 1.81. The Morgan fingerprint density at radius 3 is 2.39 bits per heavy atom. The normalized spacial score (nSPS) is 52.8. The summed E-state index contributed by atoms with van der Waals surface area (Å²) >= 11 is 0. The van der Waals surface area contributed by atoms with Crippen LogP contribution in [0.15, 0.2) is 0 Å². The van der Waals surface area contributed by atoms with E-state index in [-0.39, 0.29) is 16.7 Å². The molecule has 23 heavy (non-hydrogen) atoms. The van der Waals surface area contributed by atoms with Crippen LogP contribution in [-0.2, 0) is 14.4 Å². The molecule has 4 fully saturated rings. The predicted octanol–water partition coefficient (Wildman–Crippen LogP) is 3.74. The zero-order valence-electron chi connectivity index (χ0n) is 14.6. The van der Waals surface area contributed by atoms with Crippen LogP contribution in [0.2, 0.25) is 0 Å². The van der Waals surface area contributed by atoms with Crippen molar-refractivity contribution < 1.29 is 14.4 Å². The first-order valence-corrected chi connectivity index (χ1v) is 9.29. The fourth-order valence-corrected chi connectivity index (χ4v) is 6.97. The SMILES string of the molecule is CC12CC(=O)C3C(CC[C@@]4(C)CC(=O)CCC34C)C1CCC2=O. The lowest BCUT2D eigenvalue weighted by Crippen LogP contribution is -2.60. The Morgan fingerprint density at radius 2 is 1.65 bits per heavy atom. The van der Waals surface area contributed by atoms with Crippen molar-refractivity contribution in [2.24, 2.45) is 34.0 Å². The molecule has 4 aliphatic carbocycles. The van der Waals surface area contributed by atoms with Crippen molar-refractivity contribution >= 4 is 17.3 Å². The number of hydrogen-bond acceptors (Lipinski definition) is 3. The number of carbonyl (C=O) groups is 3. The minimum Gasteiger partial charge on any atom is -0.300 e. The first-order chi connectivity index (χ1) is 10.7. The smallest absolute Gasteiger partial charge is 0.139 e. The number of carbonyl (C=O) groups excluding carboxylic acids is 3. The van der Waals surface area contributed by atoms with Crippen molar-refractivity contribution in [2.45, 2.75) is 72.1 Å². The molecule has 4 aliphatic rings. The number of ketones is 3. The molecule has 0 aromatic rings. The maximum absolute atomic E-state index is 13.2. The molecule has 0 N–H and O–H groups in total. The molecule has 0 heterocycles. The highest BCUT2D eigenvalue weighted by atomic mass is 16.1. The van der Waals surface area contributed by atoms with E-state index in [4.69, 9.17) is 0 Å². The van der Waals surface area contributed by atoms with Gasteiger partial charge in [0.25, 0.3) is 0 Å². The van der Waals surface area contributed by atoms with Gasteiger partial charge in [0, 0.05) is 37.0 Å². The average Bonchev–Trinajstić information content (AvgIpc) is 2.75. The third-order valence-electron chi connectivity index (χ3n) is 8.58. The molecule has 0 saturated heterocycles. The first kappa shape index (κ1) is 15.5. The second-order valence-corrected chi connectivity index (χ2v) is 9.50. The van der Waals surface area contributed by atoms with Crippen molar-refractivity contribution in [3.8, 4) is 0 Å². The van der Waals surface area contributed by atoms with Gasteiger partial charge in [0.2, 0.25) is 0 Å². The molecule has 4 rings (SSSR count). The van der Waals surface area contributed by atoms with E-state index in [0.29, 0.717) is 54.9 Å². The highest BCUT2D eigenvalue weighted by Gasteiger charge is 2.66. The molecular weight excluding hydrogens is 288 g/mol. The van der Waals surface area contributed by atoms with Gasteiger partial charge in [-0.15, -0.1) is 0 Å². The molecule has 3 nitrogen and oxygen atoms in total. The van der Waals surface area contributed by atoms with Crippen LogP contribution in [0.3, 0.4) is 0 Å². The molecule has 0 aromatic heterocycles. The fourth-order valence-electron chi connectivity index (χ4n) is 6.97. The Bertz CT molecular complexity index is 608. The second kappa shape index (κ2) is 4.55. The van der Waals surface area contributed by atoms with E-state index in [9.17, 15) is 14.4 Å². The third kappa shape index (κ3) is 1.80. The average molecular weight is 316 g/mol. The van der Waals surface area contributed by atoms with Crippen molar-refractivity contribution in [2.75, 3.05) is 0 Å². The van der Waals surface area contributed by atoms with E-state index in [1.54, 1.807) is 0 Å². The van der Waals surface area contributed by atoms with Gasteiger partial charge in [0.15, 0.2) is 0 Å². The number of hydrogen-bond donors (Lipinski definition) is 0. The van der Waals surface area contributed by atoms with Crippen LogP contribution in [0.1, 0.15) is 72.1 Å². The van der Waals surface area contributed by atoms with E-state index in [0.717, 1.165) is 25.7 Å². The van der Waals surface area contributed by atoms with Crippen LogP contribution in [-0.4, -0.2) is 17.3 Å². The topological polar surface area (TPSA) is 51.2 Å². The van der Waals surface area contributed by atoms with Gasteiger partial charge >= 0.3 is 0 Å². The highest BCUT2D eigenvalue weighted by Crippen LogP contribution is 2.68. The van der Waals surface area contributed by atoms with Gasteiger partial charge in [-0.3, -0.25) is 14.4 Å². The lowest BCUT2D eigenvalue weighted by molar-refractivity contribution is -0.174. The molecule has 5 unspecified atom stereocenters. The fraction of sp³-hybridized carbons (Fsp3) is 0.850. The minimum absolute atomic E-state index is 0.0322. The quantitative estimate of drug-likeness (QED) is 0.684. The molecular formula is C20H28O3. The summed E-state index contributed by atoms with van der Waals surface area (Å²) in [5.41, 5.74) is -0.490. The van der Waals surface area contributed by atoms with Crippen LogP contribution >= 0.6 is 0 Å². The van der Waals surface area contributed by atoms with Gasteiger partial charge in [0.05, 0.1) is 0 Å². The maximum Gasteiger partial charge on any atom is 0.139 e. The molecule has 0 bridgehead atoms. The van der Waals surface area contributed by atoms with E-state index < -0.39 is 5.41 Å². The predicted molar refractivity (Wildman–Crippen MR) is 86.7 cm³/mol. The Labute approximate surface area is 138 Å². The Balaban J connectivity index is 1.76. The molecule has 0 amide bonds. The van der Waals surface area contributed by atoms with Gasteiger partial charge in [-0.25, -0.2) is 0 Å². The standard InChI is InChI=1S/C20H28O3/c1-18-8-7-13-14-4-5-16(23)19(14,2)11-15(22)17(13)20(18,3)9-6-12(21)10-18/h13-14,17H,4-11H2,1-3H3/t13?,14?,17?,18-,19?,20?/m0/s1. The summed E-state index contributed by atoms with van der Waals surface area (Å²) in [6.45, 7) is 6.55. The zero-order valence-corrected chi connectivity index (χ0v) is 14.6. The summed E-state index contributed by atoms with van der Waals surface area (Å²) in [6.07, 6.45) is 6.24. The number of rotatable bonds is 0. The van der Waals surface area contributed by atoms with Gasteiger partial charge in [-0.05, 0) is 48.3 Å². The van der Waals surface area contributed by atoms with Crippen molar-refractivity contribution in [3.05, 3.63) is 0 Å². The van der Waals surface area contributed by atoms with Crippen molar-refractivity contribution in [1.29, 1.82) is 0 Å². The van der Waals surface area contributed by atoms with E-state index in [1.165, 1.54) is 0 Å². The van der Waals surface area contributed by atoms with Crippen LogP contribution in [0.5, 0.6) is 0 Å². The lowest BCUT2D eigenvalue weighted by Gasteiger charge is -2.62. The summed E-state index contributed by atoms with van der Waals surface area (Å²) in [7, 11) is 0. The molecule has 0 spiro atoms. The molecule has 0 aromatic carbocycles. The number of fused-ring (bicyclic) bond motifs is 5. The van der Waals surface area contributed by atoms with E-state index in [1.807, 2.05) is 6.92 Å². The molecule has 126 valence electrons. The van der Waals surface area contributed by atoms with Gasteiger partial charge in [-0.2, -0.15) is 0 Å². The largest absolute Gasteiger partial charge is 0.300 e. The number of Topliss-reactive ketones (excluding diaryl/α,β-unsaturated/α-hetero) is 3. The van der Waals surface area contributed by atoms with Crippen LogP contribution in [0.25, 0.3) is 0 Å². The van der Waals surface area contributed by atoms with Crippen LogP contribution in [0.4, 0.5) is 0 Å². The molecule has 0 radical (unpaired) electrons. The Morgan fingerprint density at radius 1 is 0.913 bits per heavy atom. The lowest BCUT2D eigenvalue weighted by atomic mass is 9.40. The van der Waals surface area contributed by atoms with E-state index >= 15 is 0 Å². The summed E-state index contributed by atoms with van der Waals surface area (Å²) in [5, 5.41) is 0. The van der Waals surface area contributed by atoms with Gasteiger partial charge < -0.3 is 0 Å². The monoisotopic (exact) mass is 316 g/mol. The zero-order chi connectivity index (χ0) is 16.6. The van der Waals surface area contributed by atoms with Crippen LogP contribution < -0.4 is 0 Å². The van der Waals surface area contributed by atoms with Gasteiger partial charge in [-0.1, -0.05) is 20.8 Å². The first-order valence-electron chi connectivity index (χ1n) is 9.29. The molecule has 4 saturated carbocycles. The minimum atomic E-state index is -0.396.